The molecule has 0 radical (unpaired) electrons. The summed E-state index contributed by atoms with van der Waals surface area (Å²) in [6, 6.07) is 10.1. The minimum Gasteiger partial charge on any atom is -0.337 e. The molecule has 2 aliphatic heterocycles. The van der Waals surface area contributed by atoms with E-state index in [-0.39, 0.29) is 5.91 Å². The van der Waals surface area contributed by atoms with Crippen molar-refractivity contribution in [2.75, 3.05) is 18.5 Å². The average Bonchev–Trinajstić information content (AvgIpc) is 3.19. The number of nitrogens with zero attached hydrogens (tertiary/aromatic N) is 4. The summed E-state index contributed by atoms with van der Waals surface area (Å²) in [7, 11) is 2.01. The van der Waals surface area contributed by atoms with Crippen molar-refractivity contribution in [3.8, 4) is 0 Å². The summed E-state index contributed by atoms with van der Waals surface area (Å²) in [5.74, 6) is 0.574. The Morgan fingerprint density at radius 1 is 1.21 bits per heavy atom. The number of pyridine rings is 1. The minimum absolute atomic E-state index is 0.0117. The van der Waals surface area contributed by atoms with Gasteiger partial charge < -0.3 is 4.90 Å². The Morgan fingerprint density at radius 2 is 2.00 bits per heavy atom. The molecular weight excluding hydrogens is 536 g/mol. The van der Waals surface area contributed by atoms with Crippen LogP contribution in [0.3, 0.4) is 0 Å². The van der Waals surface area contributed by atoms with Gasteiger partial charge in [0, 0.05) is 29.2 Å². The minimum atomic E-state index is 0.0117. The van der Waals surface area contributed by atoms with Crippen molar-refractivity contribution in [2.45, 2.75) is 24.7 Å². The monoisotopic (exact) mass is 552 g/mol. The first-order chi connectivity index (χ1) is 14.0. The predicted octanol–water partition coefficient (Wildman–Crippen LogP) is 6.38. The van der Waals surface area contributed by atoms with Gasteiger partial charge in [0.15, 0.2) is 11.0 Å². The third kappa shape index (κ3) is 4.15. The van der Waals surface area contributed by atoms with Crippen molar-refractivity contribution in [1.82, 2.24) is 9.88 Å². The van der Waals surface area contributed by atoms with Gasteiger partial charge in [-0.1, -0.05) is 37.2 Å². The van der Waals surface area contributed by atoms with Crippen LogP contribution in [0.1, 0.15) is 19.8 Å². The zero-order chi connectivity index (χ0) is 20.5. The summed E-state index contributed by atoms with van der Waals surface area (Å²) in [4.78, 5) is 28.2. The number of hydrogen-bond acceptors (Lipinski definition) is 6. The molecule has 29 heavy (non-hydrogen) atoms. The number of amidine groups is 1. The van der Waals surface area contributed by atoms with E-state index in [2.05, 4.69) is 60.8 Å². The molecule has 0 saturated carbocycles. The molecule has 1 aromatic heterocycles. The van der Waals surface area contributed by atoms with Crippen molar-refractivity contribution < 1.29 is 4.79 Å². The summed E-state index contributed by atoms with van der Waals surface area (Å²) in [6.07, 6.45) is 3.64. The van der Waals surface area contributed by atoms with Crippen LogP contribution in [0.15, 0.2) is 65.3 Å². The molecule has 1 aromatic carbocycles. The van der Waals surface area contributed by atoms with Crippen molar-refractivity contribution >= 4 is 78.0 Å². The van der Waals surface area contributed by atoms with Gasteiger partial charge in [0.2, 0.25) is 0 Å². The van der Waals surface area contributed by atoms with E-state index in [0.29, 0.717) is 17.5 Å². The first-order valence-corrected chi connectivity index (χ1v) is 12.4. The zero-order valence-corrected chi connectivity index (χ0v) is 20.7. The molecule has 0 bridgehead atoms. The summed E-state index contributed by atoms with van der Waals surface area (Å²) < 4.78 is 1.65. The van der Waals surface area contributed by atoms with Crippen LogP contribution in [0.4, 0.5) is 11.5 Å². The maximum atomic E-state index is 13.3. The van der Waals surface area contributed by atoms with E-state index >= 15 is 0 Å². The van der Waals surface area contributed by atoms with Gasteiger partial charge in [-0.25, -0.2) is 9.98 Å². The van der Waals surface area contributed by atoms with Crippen molar-refractivity contribution in [3.05, 3.63) is 55.4 Å². The molecule has 9 heteroatoms. The zero-order valence-electron chi connectivity index (χ0n) is 15.9. The normalized spacial score (nSPS) is 20.1. The van der Waals surface area contributed by atoms with Crippen molar-refractivity contribution in [1.29, 1.82) is 0 Å². The summed E-state index contributed by atoms with van der Waals surface area (Å²) in [5, 5.41) is 1.63. The second kappa shape index (κ2) is 8.83. The fourth-order valence-corrected chi connectivity index (χ4v) is 6.44. The second-order valence-electron chi connectivity index (χ2n) is 6.53. The number of halogens is 2. The Labute approximate surface area is 195 Å². The third-order valence-corrected chi connectivity index (χ3v) is 7.97. The Bertz CT molecular complexity index is 1040. The number of carbonyl (C=O) groups is 1. The van der Waals surface area contributed by atoms with Gasteiger partial charge in [0.1, 0.15) is 4.91 Å². The lowest BCUT2D eigenvalue weighted by atomic mass is 10.3. The van der Waals surface area contributed by atoms with Crippen LogP contribution < -0.4 is 4.90 Å². The highest BCUT2D eigenvalue weighted by Gasteiger charge is 2.38. The number of benzene rings is 1. The number of unbranched alkanes of at least 4 members (excludes halogenated alkanes) is 1. The SMILES string of the molecule is CCCCN1C(=O)C(=C2Sc3ccccc3N2C)SC1=Nc1ncc(Br)cc1Br. The lowest BCUT2D eigenvalue weighted by molar-refractivity contribution is -0.122. The molecule has 0 N–H and O–H groups in total. The van der Waals surface area contributed by atoms with Crippen LogP contribution in [0.2, 0.25) is 0 Å². The molecule has 1 amide bonds. The number of fused-ring (bicyclic) bond motifs is 1. The van der Waals surface area contributed by atoms with Crippen LogP contribution in [0.5, 0.6) is 0 Å². The number of hydrogen-bond donors (Lipinski definition) is 0. The number of amides is 1. The van der Waals surface area contributed by atoms with Gasteiger partial charge >= 0.3 is 0 Å². The van der Waals surface area contributed by atoms with Crippen molar-refractivity contribution in [2.24, 2.45) is 4.99 Å². The van der Waals surface area contributed by atoms with Gasteiger partial charge in [-0.3, -0.25) is 9.69 Å². The van der Waals surface area contributed by atoms with Crippen LogP contribution in [0, 0.1) is 0 Å². The van der Waals surface area contributed by atoms with E-state index in [1.807, 2.05) is 25.2 Å². The molecule has 0 aliphatic carbocycles. The van der Waals surface area contributed by atoms with E-state index in [0.717, 1.165) is 42.3 Å². The first-order valence-electron chi connectivity index (χ1n) is 9.14. The molecule has 0 unspecified atom stereocenters. The number of thioether (sulfide) groups is 2. The van der Waals surface area contributed by atoms with Gasteiger partial charge in [-0.05, 0) is 68.2 Å². The Morgan fingerprint density at radius 3 is 2.72 bits per heavy atom. The molecule has 5 nitrogen and oxygen atoms in total. The standard InChI is InChI=1S/C20H18Br2N4OS2/c1-3-4-9-26-18(27)16(19-25(2)14-7-5-6-8-15(14)28-19)29-20(26)24-17-13(22)10-12(21)11-23-17/h5-8,10-11H,3-4,9H2,1-2H3. The number of rotatable bonds is 4. The molecular formula is C20H18Br2N4OS2. The molecule has 4 rings (SSSR count). The summed E-state index contributed by atoms with van der Waals surface area (Å²) in [6.45, 7) is 2.77. The quantitative estimate of drug-likeness (QED) is 0.411. The molecule has 0 spiro atoms. The highest BCUT2D eigenvalue weighted by atomic mass is 79.9. The summed E-state index contributed by atoms with van der Waals surface area (Å²) in [5.41, 5.74) is 1.12. The topological polar surface area (TPSA) is 48.8 Å². The molecule has 3 heterocycles. The van der Waals surface area contributed by atoms with Gasteiger partial charge in [0.25, 0.3) is 5.91 Å². The fraction of sp³-hybridized carbons (Fsp3) is 0.250. The number of para-hydroxylation sites is 1. The molecule has 0 atom stereocenters. The van der Waals surface area contributed by atoms with Crippen LogP contribution in [-0.2, 0) is 4.79 Å². The number of carbonyl (C=O) groups excluding carboxylic acids is 1. The Hall–Kier alpha value is -1.29. The summed E-state index contributed by atoms with van der Waals surface area (Å²) >= 11 is 9.99. The van der Waals surface area contributed by atoms with Crippen LogP contribution >= 0.6 is 55.4 Å². The van der Waals surface area contributed by atoms with E-state index < -0.39 is 0 Å². The average molecular weight is 554 g/mol. The van der Waals surface area contributed by atoms with E-state index in [4.69, 9.17) is 4.99 Å². The Balaban J connectivity index is 1.73. The lowest BCUT2D eigenvalue weighted by Gasteiger charge is -2.16. The third-order valence-electron chi connectivity index (χ3n) is 4.52. The van der Waals surface area contributed by atoms with Crippen LogP contribution in [-0.4, -0.2) is 34.6 Å². The van der Waals surface area contributed by atoms with Crippen molar-refractivity contribution in [3.63, 3.8) is 0 Å². The highest BCUT2D eigenvalue weighted by Crippen LogP contribution is 2.50. The number of aliphatic imine (C=N–C) groups is 1. The highest BCUT2D eigenvalue weighted by molar-refractivity contribution is 9.11. The maximum absolute atomic E-state index is 13.3. The molecule has 2 aliphatic rings. The van der Waals surface area contributed by atoms with Gasteiger partial charge in [0.05, 0.1) is 15.2 Å². The smallest absolute Gasteiger partial charge is 0.269 e. The second-order valence-corrected chi connectivity index (χ2v) is 10.3. The predicted molar refractivity (Wildman–Crippen MR) is 129 cm³/mol. The van der Waals surface area contributed by atoms with Crippen LogP contribution in [0.25, 0.3) is 0 Å². The van der Waals surface area contributed by atoms with E-state index in [1.165, 1.54) is 11.8 Å². The number of anilines is 1. The fourth-order valence-electron chi connectivity index (χ4n) is 3.01. The van der Waals surface area contributed by atoms with Gasteiger partial charge in [-0.15, -0.1) is 0 Å². The largest absolute Gasteiger partial charge is 0.337 e. The van der Waals surface area contributed by atoms with Gasteiger partial charge in [-0.2, -0.15) is 0 Å². The lowest BCUT2D eigenvalue weighted by Crippen LogP contribution is -2.30. The molecule has 1 fully saturated rings. The molecule has 2 aromatic rings. The molecule has 150 valence electrons. The van der Waals surface area contributed by atoms with E-state index in [9.17, 15) is 4.79 Å². The maximum Gasteiger partial charge on any atom is 0.269 e. The van der Waals surface area contributed by atoms with E-state index in [1.54, 1.807) is 22.9 Å². The number of aromatic nitrogens is 1. The molecule has 1 saturated heterocycles. The first kappa shape index (κ1) is 21.0. The Kier molecular flexibility index (Phi) is 6.38.